The van der Waals surface area contributed by atoms with Gasteiger partial charge >= 0.3 is 5.97 Å². The zero-order chi connectivity index (χ0) is 8.69. The number of carbonyl (C=O) groups is 1. The summed E-state index contributed by atoms with van der Waals surface area (Å²) in [5.74, 6) is -0.246. The lowest BCUT2D eigenvalue weighted by Crippen LogP contribution is -2.33. The molecular formula is C7H15NO3. The highest BCUT2D eigenvalue weighted by atomic mass is 16.6. The lowest BCUT2D eigenvalue weighted by Gasteiger charge is -2.09. The Hall–Kier alpha value is -0.610. The van der Waals surface area contributed by atoms with E-state index in [1.54, 1.807) is 21.1 Å². The molecule has 0 saturated heterocycles. The van der Waals surface area contributed by atoms with Crippen LogP contribution in [0.2, 0.25) is 0 Å². The molecule has 0 aromatic heterocycles. The van der Waals surface area contributed by atoms with Crippen molar-refractivity contribution in [3.05, 3.63) is 0 Å². The Morgan fingerprint density at radius 2 is 2.18 bits per heavy atom. The summed E-state index contributed by atoms with van der Waals surface area (Å²) in [6.45, 7) is 2.51. The normalized spacial score (nSPS) is 12.6. The lowest BCUT2D eigenvalue weighted by atomic mass is 10.3. The summed E-state index contributed by atoms with van der Waals surface area (Å²) >= 11 is 0. The number of ether oxygens (including phenoxy) is 2. The van der Waals surface area contributed by atoms with Gasteiger partial charge in [-0.15, -0.1) is 0 Å². The van der Waals surface area contributed by atoms with Crippen molar-refractivity contribution in [1.29, 1.82) is 0 Å². The van der Waals surface area contributed by atoms with Gasteiger partial charge in [-0.1, -0.05) is 0 Å². The summed E-state index contributed by atoms with van der Waals surface area (Å²) < 4.78 is 9.52. The minimum atomic E-state index is -0.246. The fraction of sp³-hybridized carbons (Fsp3) is 0.857. The van der Waals surface area contributed by atoms with Gasteiger partial charge in [0.2, 0.25) is 0 Å². The zero-order valence-corrected chi connectivity index (χ0v) is 7.22. The molecule has 0 fully saturated rings. The molecule has 0 amide bonds. The van der Waals surface area contributed by atoms with Gasteiger partial charge in [0, 0.05) is 7.11 Å². The first-order chi connectivity index (χ1) is 5.22. The molecule has 0 aromatic rings. The van der Waals surface area contributed by atoms with Crippen molar-refractivity contribution < 1.29 is 14.3 Å². The lowest BCUT2D eigenvalue weighted by molar-refractivity contribution is -0.146. The van der Waals surface area contributed by atoms with Gasteiger partial charge in [0.05, 0.1) is 6.61 Å². The molecule has 4 nitrogen and oxygen atoms in total. The van der Waals surface area contributed by atoms with Gasteiger partial charge < -0.3 is 14.8 Å². The molecule has 1 unspecified atom stereocenters. The highest BCUT2D eigenvalue weighted by Gasteiger charge is 2.10. The first kappa shape index (κ1) is 10.4. The standard InChI is InChI=1S/C7H15NO3/c1-6(8-2)7(9)11-5-4-10-3/h6,8H,4-5H2,1-3H3. The van der Waals surface area contributed by atoms with Crippen molar-refractivity contribution in [3.63, 3.8) is 0 Å². The third-order valence-electron chi connectivity index (χ3n) is 1.32. The molecule has 0 aliphatic heterocycles. The van der Waals surface area contributed by atoms with Crippen LogP contribution in [0.5, 0.6) is 0 Å². The van der Waals surface area contributed by atoms with Crippen molar-refractivity contribution in [2.24, 2.45) is 0 Å². The largest absolute Gasteiger partial charge is 0.462 e. The molecule has 11 heavy (non-hydrogen) atoms. The van der Waals surface area contributed by atoms with Gasteiger partial charge in [-0.25, -0.2) is 0 Å². The Kier molecular flexibility index (Phi) is 5.78. The van der Waals surface area contributed by atoms with E-state index in [2.05, 4.69) is 5.32 Å². The topological polar surface area (TPSA) is 47.6 Å². The molecule has 1 atom stereocenters. The second-order valence-corrected chi connectivity index (χ2v) is 2.17. The van der Waals surface area contributed by atoms with E-state index in [-0.39, 0.29) is 12.0 Å². The second-order valence-electron chi connectivity index (χ2n) is 2.17. The number of rotatable bonds is 5. The van der Waals surface area contributed by atoms with Crippen LogP contribution in [0.3, 0.4) is 0 Å². The predicted octanol–water partition coefficient (Wildman–Crippen LogP) is -0.216. The van der Waals surface area contributed by atoms with E-state index < -0.39 is 0 Å². The molecule has 0 heterocycles. The van der Waals surface area contributed by atoms with E-state index in [0.29, 0.717) is 13.2 Å². The van der Waals surface area contributed by atoms with Crippen molar-refractivity contribution in [3.8, 4) is 0 Å². The van der Waals surface area contributed by atoms with E-state index >= 15 is 0 Å². The highest BCUT2D eigenvalue weighted by molar-refractivity contribution is 5.75. The van der Waals surface area contributed by atoms with Crippen LogP contribution in [0.15, 0.2) is 0 Å². The van der Waals surface area contributed by atoms with Crippen LogP contribution >= 0.6 is 0 Å². The number of hydrogen-bond acceptors (Lipinski definition) is 4. The summed E-state index contributed by atoms with van der Waals surface area (Å²) in [6, 6.07) is -0.244. The fourth-order valence-electron chi connectivity index (χ4n) is 0.468. The van der Waals surface area contributed by atoms with Gasteiger partial charge in [-0.05, 0) is 14.0 Å². The summed E-state index contributed by atoms with van der Waals surface area (Å²) in [6.07, 6.45) is 0. The number of methoxy groups -OCH3 is 1. The van der Waals surface area contributed by atoms with E-state index in [4.69, 9.17) is 9.47 Å². The smallest absolute Gasteiger partial charge is 0.322 e. The zero-order valence-electron chi connectivity index (χ0n) is 7.22. The van der Waals surface area contributed by atoms with Gasteiger partial charge in [0.15, 0.2) is 0 Å². The third-order valence-corrected chi connectivity index (χ3v) is 1.32. The first-order valence-electron chi connectivity index (χ1n) is 3.55. The average Bonchev–Trinajstić information content (AvgIpc) is 2.03. The maximum absolute atomic E-state index is 10.9. The molecule has 4 heteroatoms. The number of carbonyl (C=O) groups excluding carboxylic acids is 1. The van der Waals surface area contributed by atoms with E-state index in [0.717, 1.165) is 0 Å². The van der Waals surface area contributed by atoms with Crippen LogP contribution in [-0.2, 0) is 14.3 Å². The second kappa shape index (κ2) is 6.12. The van der Waals surface area contributed by atoms with E-state index in [1.807, 2.05) is 0 Å². The maximum Gasteiger partial charge on any atom is 0.322 e. The summed E-state index contributed by atoms with van der Waals surface area (Å²) in [5.41, 5.74) is 0. The van der Waals surface area contributed by atoms with E-state index in [9.17, 15) is 4.79 Å². The Balaban J connectivity index is 3.36. The van der Waals surface area contributed by atoms with Crippen molar-refractivity contribution in [2.45, 2.75) is 13.0 Å². The van der Waals surface area contributed by atoms with Crippen molar-refractivity contribution in [1.82, 2.24) is 5.32 Å². The van der Waals surface area contributed by atoms with Crippen LogP contribution in [-0.4, -0.2) is 39.4 Å². The van der Waals surface area contributed by atoms with Crippen LogP contribution in [0.4, 0.5) is 0 Å². The van der Waals surface area contributed by atoms with Crippen LogP contribution in [0.25, 0.3) is 0 Å². The quantitative estimate of drug-likeness (QED) is 0.447. The first-order valence-corrected chi connectivity index (χ1v) is 3.55. The monoisotopic (exact) mass is 161 g/mol. The SMILES string of the molecule is CNC(C)C(=O)OCCOC. The molecule has 1 N–H and O–H groups in total. The highest BCUT2D eigenvalue weighted by Crippen LogP contribution is 1.86. The average molecular weight is 161 g/mol. The minimum Gasteiger partial charge on any atom is -0.462 e. The molecule has 0 rings (SSSR count). The van der Waals surface area contributed by atoms with Gasteiger partial charge in [-0.2, -0.15) is 0 Å². The Morgan fingerprint density at radius 1 is 1.55 bits per heavy atom. The maximum atomic E-state index is 10.9. The number of esters is 1. The molecule has 0 aromatic carbocycles. The molecule has 0 saturated carbocycles. The van der Waals surface area contributed by atoms with E-state index in [1.165, 1.54) is 0 Å². The predicted molar refractivity (Wildman–Crippen MR) is 41.4 cm³/mol. The molecule has 0 radical (unpaired) electrons. The van der Waals surface area contributed by atoms with Crippen LogP contribution in [0, 0.1) is 0 Å². The minimum absolute atomic E-state index is 0.244. The molecule has 0 spiro atoms. The molecule has 66 valence electrons. The summed E-state index contributed by atoms with van der Waals surface area (Å²) in [7, 11) is 3.28. The number of likely N-dealkylation sites (N-methyl/N-ethyl adjacent to an activating group) is 1. The van der Waals surface area contributed by atoms with Crippen LogP contribution < -0.4 is 5.32 Å². The van der Waals surface area contributed by atoms with Gasteiger partial charge in [0.1, 0.15) is 12.6 Å². The Labute approximate surface area is 66.9 Å². The third kappa shape index (κ3) is 4.75. The van der Waals surface area contributed by atoms with Crippen molar-refractivity contribution >= 4 is 5.97 Å². The Morgan fingerprint density at radius 3 is 2.64 bits per heavy atom. The van der Waals surface area contributed by atoms with Gasteiger partial charge in [0.25, 0.3) is 0 Å². The molecule has 0 bridgehead atoms. The van der Waals surface area contributed by atoms with Crippen molar-refractivity contribution in [2.75, 3.05) is 27.4 Å². The number of hydrogen-bond donors (Lipinski definition) is 1. The number of nitrogens with one attached hydrogen (secondary N) is 1. The molecule has 0 aliphatic carbocycles. The fourth-order valence-corrected chi connectivity index (χ4v) is 0.468. The van der Waals surface area contributed by atoms with Gasteiger partial charge in [-0.3, -0.25) is 4.79 Å². The molecule has 0 aliphatic rings. The van der Waals surface area contributed by atoms with Crippen LogP contribution in [0.1, 0.15) is 6.92 Å². The summed E-state index contributed by atoms with van der Waals surface area (Å²) in [4.78, 5) is 10.9. The molecular weight excluding hydrogens is 146 g/mol. The summed E-state index contributed by atoms with van der Waals surface area (Å²) in [5, 5.41) is 2.78. The Bertz CT molecular complexity index is 116.